The summed E-state index contributed by atoms with van der Waals surface area (Å²) in [6.07, 6.45) is 7.78. The number of fused-ring (bicyclic) bond motifs is 1. The van der Waals surface area contributed by atoms with E-state index < -0.39 is 6.10 Å². The first-order chi connectivity index (χ1) is 12.6. The van der Waals surface area contributed by atoms with Crippen molar-refractivity contribution in [3.05, 3.63) is 34.9 Å². The Morgan fingerprint density at radius 1 is 1.04 bits per heavy atom. The van der Waals surface area contributed by atoms with Crippen molar-refractivity contribution in [1.29, 1.82) is 0 Å². The second-order valence-corrected chi connectivity index (χ2v) is 8.44. The van der Waals surface area contributed by atoms with Crippen LogP contribution < -0.4 is 0 Å². The molecule has 1 saturated carbocycles. The normalized spacial score (nSPS) is 23.8. The van der Waals surface area contributed by atoms with Gasteiger partial charge in [0.1, 0.15) is 0 Å². The van der Waals surface area contributed by atoms with E-state index in [0.717, 1.165) is 56.9 Å². The Morgan fingerprint density at radius 2 is 1.73 bits per heavy atom. The third kappa shape index (κ3) is 3.67. The Bertz CT molecular complexity index is 648. The summed E-state index contributed by atoms with van der Waals surface area (Å²) in [6.45, 7) is 5.53. The van der Waals surface area contributed by atoms with Gasteiger partial charge in [-0.3, -0.25) is 9.69 Å². The third-order valence-corrected chi connectivity index (χ3v) is 6.93. The van der Waals surface area contributed by atoms with Crippen LogP contribution in [0.15, 0.2) is 18.2 Å². The van der Waals surface area contributed by atoms with Crippen LogP contribution in [0, 0.1) is 5.92 Å². The van der Waals surface area contributed by atoms with Gasteiger partial charge < -0.3 is 10.0 Å². The quantitative estimate of drug-likeness (QED) is 0.906. The van der Waals surface area contributed by atoms with Crippen molar-refractivity contribution in [2.24, 2.45) is 5.92 Å². The van der Waals surface area contributed by atoms with E-state index in [2.05, 4.69) is 23.1 Å². The number of hydrogen-bond donors (Lipinski definition) is 1. The molecule has 4 nitrogen and oxygen atoms in total. The number of benzene rings is 1. The molecule has 2 fully saturated rings. The molecule has 0 bridgehead atoms. The maximum Gasteiger partial charge on any atom is 0.219 e. The minimum Gasteiger partial charge on any atom is -0.388 e. The molecule has 4 heteroatoms. The molecule has 26 heavy (non-hydrogen) atoms. The Morgan fingerprint density at radius 3 is 2.35 bits per heavy atom. The summed E-state index contributed by atoms with van der Waals surface area (Å²) >= 11 is 0. The predicted octanol–water partition coefficient (Wildman–Crippen LogP) is 2.93. The zero-order valence-electron chi connectivity index (χ0n) is 16.0. The van der Waals surface area contributed by atoms with Crippen molar-refractivity contribution in [2.75, 3.05) is 26.2 Å². The lowest BCUT2D eigenvalue weighted by molar-refractivity contribution is -0.130. The molecule has 2 aliphatic heterocycles. The van der Waals surface area contributed by atoms with E-state index in [1.54, 1.807) is 6.92 Å². The molecule has 1 atom stereocenters. The fraction of sp³-hybridized carbons (Fsp3) is 0.682. The molecule has 1 unspecified atom stereocenters. The van der Waals surface area contributed by atoms with E-state index in [9.17, 15) is 9.90 Å². The summed E-state index contributed by atoms with van der Waals surface area (Å²) < 4.78 is 0. The number of amides is 1. The maximum atomic E-state index is 11.5. The number of likely N-dealkylation sites (tertiary alicyclic amines) is 1. The van der Waals surface area contributed by atoms with Gasteiger partial charge in [0.25, 0.3) is 0 Å². The standard InChI is InChI=1S/C22H32N2O2/c1-16(25)23-11-8-18(9-12-23)22(26)20-6-5-17-7-13-24(21-3-2-4-21)14-10-19(17)15-20/h5-6,15,18,21-22,26H,2-4,7-14H2,1H3. The summed E-state index contributed by atoms with van der Waals surface area (Å²) in [7, 11) is 0. The minimum absolute atomic E-state index is 0.152. The van der Waals surface area contributed by atoms with Gasteiger partial charge in [0.15, 0.2) is 0 Å². The van der Waals surface area contributed by atoms with Crippen LogP contribution in [-0.2, 0) is 17.6 Å². The summed E-state index contributed by atoms with van der Waals surface area (Å²) in [4.78, 5) is 16.1. The molecule has 0 radical (unpaired) electrons. The van der Waals surface area contributed by atoms with E-state index in [0.29, 0.717) is 0 Å². The van der Waals surface area contributed by atoms with Crippen LogP contribution in [0.5, 0.6) is 0 Å². The van der Waals surface area contributed by atoms with Gasteiger partial charge in [0.2, 0.25) is 5.91 Å². The van der Waals surface area contributed by atoms with Crippen LogP contribution in [0.25, 0.3) is 0 Å². The fourth-order valence-electron chi connectivity index (χ4n) is 4.87. The molecular weight excluding hydrogens is 324 g/mol. The smallest absolute Gasteiger partial charge is 0.219 e. The van der Waals surface area contributed by atoms with E-state index >= 15 is 0 Å². The van der Waals surface area contributed by atoms with Gasteiger partial charge in [-0.2, -0.15) is 0 Å². The molecule has 0 spiro atoms. The average molecular weight is 357 g/mol. The molecule has 1 aromatic rings. The third-order valence-electron chi connectivity index (χ3n) is 6.93. The Kier molecular flexibility index (Phi) is 5.32. The molecule has 142 valence electrons. The van der Waals surface area contributed by atoms with Gasteiger partial charge in [-0.1, -0.05) is 24.6 Å². The summed E-state index contributed by atoms with van der Waals surface area (Å²) in [5.41, 5.74) is 3.97. The molecule has 1 aromatic carbocycles. The number of carbonyl (C=O) groups excluding carboxylic acids is 1. The molecule has 1 aliphatic carbocycles. The number of aliphatic hydroxyl groups is 1. The van der Waals surface area contributed by atoms with Crippen molar-refractivity contribution < 1.29 is 9.90 Å². The van der Waals surface area contributed by atoms with Gasteiger partial charge in [-0.15, -0.1) is 0 Å². The minimum atomic E-state index is -0.402. The highest BCUT2D eigenvalue weighted by atomic mass is 16.3. The Balaban J connectivity index is 1.41. The highest BCUT2D eigenvalue weighted by molar-refractivity contribution is 5.73. The van der Waals surface area contributed by atoms with Crippen LogP contribution in [0.3, 0.4) is 0 Å². The number of nitrogens with zero attached hydrogens (tertiary/aromatic N) is 2. The zero-order chi connectivity index (χ0) is 18.1. The van der Waals surface area contributed by atoms with Crippen LogP contribution in [0.4, 0.5) is 0 Å². The fourth-order valence-corrected chi connectivity index (χ4v) is 4.87. The van der Waals surface area contributed by atoms with Gasteiger partial charge in [0.05, 0.1) is 6.10 Å². The van der Waals surface area contributed by atoms with Crippen molar-refractivity contribution in [1.82, 2.24) is 9.80 Å². The maximum absolute atomic E-state index is 11.5. The number of piperidine rings is 1. The number of carbonyl (C=O) groups is 1. The van der Waals surface area contributed by atoms with Crippen molar-refractivity contribution in [3.8, 4) is 0 Å². The van der Waals surface area contributed by atoms with E-state index in [1.165, 1.54) is 36.9 Å². The van der Waals surface area contributed by atoms with Gasteiger partial charge >= 0.3 is 0 Å². The Hall–Kier alpha value is -1.39. The molecule has 2 heterocycles. The molecule has 0 aromatic heterocycles. The zero-order valence-corrected chi connectivity index (χ0v) is 16.0. The van der Waals surface area contributed by atoms with Crippen LogP contribution in [-0.4, -0.2) is 53.0 Å². The largest absolute Gasteiger partial charge is 0.388 e. The molecule has 3 aliphatic rings. The first kappa shape index (κ1) is 18.0. The van der Waals surface area contributed by atoms with Crippen LogP contribution in [0.1, 0.15) is 61.8 Å². The Labute approximate surface area is 157 Å². The van der Waals surface area contributed by atoms with Gasteiger partial charge in [0, 0.05) is 39.1 Å². The lowest BCUT2D eigenvalue weighted by Gasteiger charge is -2.36. The SMILES string of the molecule is CC(=O)N1CCC(C(O)c2ccc3c(c2)CCN(C2CCC2)CC3)CC1. The van der Waals surface area contributed by atoms with E-state index in [1.807, 2.05) is 4.90 Å². The highest BCUT2D eigenvalue weighted by Crippen LogP contribution is 2.33. The first-order valence-corrected chi connectivity index (χ1v) is 10.4. The lowest BCUT2D eigenvalue weighted by atomic mass is 9.86. The lowest BCUT2D eigenvalue weighted by Crippen LogP contribution is -2.41. The summed E-state index contributed by atoms with van der Waals surface area (Å²) in [6, 6.07) is 7.48. The van der Waals surface area contributed by atoms with Crippen LogP contribution in [0.2, 0.25) is 0 Å². The monoisotopic (exact) mass is 356 g/mol. The second-order valence-electron chi connectivity index (χ2n) is 8.44. The van der Waals surface area contributed by atoms with Gasteiger partial charge in [-0.05, 0) is 61.1 Å². The average Bonchev–Trinajstić information content (AvgIpc) is 2.82. The highest BCUT2D eigenvalue weighted by Gasteiger charge is 2.29. The second kappa shape index (κ2) is 7.69. The molecule has 1 saturated heterocycles. The van der Waals surface area contributed by atoms with Crippen molar-refractivity contribution >= 4 is 5.91 Å². The molecule has 1 N–H and O–H groups in total. The van der Waals surface area contributed by atoms with E-state index in [4.69, 9.17) is 0 Å². The van der Waals surface area contributed by atoms with Gasteiger partial charge in [-0.25, -0.2) is 0 Å². The van der Waals surface area contributed by atoms with Crippen molar-refractivity contribution in [2.45, 2.75) is 64.0 Å². The number of hydrogen-bond acceptors (Lipinski definition) is 3. The number of aliphatic hydroxyl groups excluding tert-OH is 1. The molecular formula is C22H32N2O2. The first-order valence-electron chi connectivity index (χ1n) is 10.4. The predicted molar refractivity (Wildman–Crippen MR) is 103 cm³/mol. The molecule has 1 amide bonds. The number of rotatable bonds is 3. The molecule has 4 rings (SSSR count). The summed E-state index contributed by atoms with van der Waals surface area (Å²) in [5, 5.41) is 10.9. The van der Waals surface area contributed by atoms with Crippen LogP contribution >= 0.6 is 0 Å². The van der Waals surface area contributed by atoms with Crippen molar-refractivity contribution in [3.63, 3.8) is 0 Å². The topological polar surface area (TPSA) is 43.8 Å². The van der Waals surface area contributed by atoms with E-state index in [-0.39, 0.29) is 11.8 Å². The summed E-state index contributed by atoms with van der Waals surface area (Å²) in [5.74, 6) is 0.417.